The Hall–Kier alpha value is -1.67. The first-order valence-corrected chi connectivity index (χ1v) is 6.09. The second-order valence-corrected chi connectivity index (χ2v) is 4.44. The molecule has 0 fully saturated rings. The third kappa shape index (κ3) is 3.14. The lowest BCUT2D eigenvalue weighted by molar-refractivity contribution is 0.653. The minimum absolute atomic E-state index is 0.577. The van der Waals surface area contributed by atoms with Crippen LogP contribution in [0.25, 0.3) is 11.3 Å². The largest absolute Gasteiger partial charge is 0.337 e. The molecule has 2 aromatic heterocycles. The molecule has 0 aliphatic carbocycles. The quantitative estimate of drug-likeness (QED) is 0.642. The molecule has 0 bridgehead atoms. The van der Waals surface area contributed by atoms with Gasteiger partial charge in [0.1, 0.15) is 4.60 Å². The molecule has 0 spiro atoms. The Bertz CT molecular complexity index is 524. The van der Waals surface area contributed by atoms with Crippen molar-refractivity contribution in [2.75, 3.05) is 0 Å². The van der Waals surface area contributed by atoms with Crippen LogP contribution >= 0.6 is 15.9 Å². The standard InChI is InChI=1S/C12H11BrN4/c13-12-4-3-10(7-15-12)11-8-17(9-16-11)6-2-1-5-14/h3-4,7-9H,1-2,6H2. The number of halogens is 1. The average Bonchev–Trinajstić information content (AvgIpc) is 2.79. The van der Waals surface area contributed by atoms with Gasteiger partial charge < -0.3 is 4.57 Å². The molecule has 5 heteroatoms. The van der Waals surface area contributed by atoms with Gasteiger partial charge in [0.15, 0.2) is 0 Å². The Balaban J connectivity index is 2.08. The summed E-state index contributed by atoms with van der Waals surface area (Å²) in [6.45, 7) is 0.824. The number of hydrogen-bond acceptors (Lipinski definition) is 3. The molecule has 2 aromatic rings. The van der Waals surface area contributed by atoms with Crippen LogP contribution in [0.1, 0.15) is 12.8 Å². The summed E-state index contributed by atoms with van der Waals surface area (Å²) in [5.41, 5.74) is 1.90. The Morgan fingerprint density at radius 3 is 2.94 bits per heavy atom. The highest BCUT2D eigenvalue weighted by Gasteiger charge is 2.02. The Morgan fingerprint density at radius 2 is 2.24 bits per heavy atom. The first-order chi connectivity index (χ1) is 8.29. The van der Waals surface area contributed by atoms with E-state index in [1.165, 1.54) is 0 Å². The highest BCUT2D eigenvalue weighted by molar-refractivity contribution is 9.10. The van der Waals surface area contributed by atoms with E-state index in [1.807, 2.05) is 22.9 Å². The van der Waals surface area contributed by atoms with Crippen molar-refractivity contribution < 1.29 is 0 Å². The lowest BCUT2D eigenvalue weighted by Crippen LogP contribution is -1.93. The molecule has 0 aliphatic heterocycles. The van der Waals surface area contributed by atoms with Crippen LogP contribution in [0.3, 0.4) is 0 Å². The summed E-state index contributed by atoms with van der Waals surface area (Å²) in [6.07, 6.45) is 6.97. The van der Waals surface area contributed by atoms with E-state index in [9.17, 15) is 0 Å². The molecule has 0 saturated heterocycles. The Kier molecular flexibility index (Phi) is 3.89. The van der Waals surface area contributed by atoms with Gasteiger partial charge in [0.2, 0.25) is 0 Å². The van der Waals surface area contributed by atoms with Crippen LogP contribution < -0.4 is 0 Å². The van der Waals surface area contributed by atoms with E-state index in [2.05, 4.69) is 32.0 Å². The van der Waals surface area contributed by atoms with Crippen molar-refractivity contribution >= 4 is 15.9 Å². The zero-order chi connectivity index (χ0) is 12.1. The maximum Gasteiger partial charge on any atom is 0.106 e. The van der Waals surface area contributed by atoms with E-state index in [4.69, 9.17) is 5.26 Å². The molecule has 2 heterocycles. The number of nitrogens with zero attached hydrogens (tertiary/aromatic N) is 4. The summed E-state index contributed by atoms with van der Waals surface area (Å²) < 4.78 is 2.81. The minimum Gasteiger partial charge on any atom is -0.337 e. The van der Waals surface area contributed by atoms with Gasteiger partial charge in [-0.3, -0.25) is 0 Å². The first kappa shape index (κ1) is 11.8. The third-order valence-electron chi connectivity index (χ3n) is 2.36. The molecule has 17 heavy (non-hydrogen) atoms. The van der Waals surface area contributed by atoms with Gasteiger partial charge >= 0.3 is 0 Å². The highest BCUT2D eigenvalue weighted by Crippen LogP contribution is 2.17. The van der Waals surface area contributed by atoms with Crippen molar-refractivity contribution in [1.82, 2.24) is 14.5 Å². The van der Waals surface area contributed by atoms with Gasteiger partial charge in [0.25, 0.3) is 0 Å². The molecule has 0 atom stereocenters. The molecular formula is C12H11BrN4. The zero-order valence-corrected chi connectivity index (χ0v) is 10.8. The van der Waals surface area contributed by atoms with E-state index < -0.39 is 0 Å². The summed E-state index contributed by atoms with van der Waals surface area (Å²) in [5, 5.41) is 8.47. The van der Waals surface area contributed by atoms with Gasteiger partial charge in [-0.15, -0.1) is 0 Å². The number of unbranched alkanes of at least 4 members (excludes halogenated alkanes) is 1. The van der Waals surface area contributed by atoms with Crippen LogP contribution in [0.15, 0.2) is 35.5 Å². The van der Waals surface area contributed by atoms with Gasteiger partial charge in [-0.2, -0.15) is 5.26 Å². The number of aryl methyl sites for hydroxylation is 1. The van der Waals surface area contributed by atoms with Crippen LogP contribution in [0.2, 0.25) is 0 Å². The number of hydrogen-bond donors (Lipinski definition) is 0. The molecule has 0 aliphatic rings. The van der Waals surface area contributed by atoms with E-state index in [0.29, 0.717) is 6.42 Å². The molecule has 0 aromatic carbocycles. The fourth-order valence-corrected chi connectivity index (χ4v) is 1.73. The van der Waals surface area contributed by atoms with E-state index in [0.717, 1.165) is 28.8 Å². The lowest BCUT2D eigenvalue weighted by atomic mass is 10.2. The summed E-state index contributed by atoms with van der Waals surface area (Å²) in [4.78, 5) is 8.48. The second-order valence-electron chi connectivity index (χ2n) is 3.63. The van der Waals surface area contributed by atoms with Crippen LogP contribution in [0.5, 0.6) is 0 Å². The van der Waals surface area contributed by atoms with E-state index in [-0.39, 0.29) is 0 Å². The summed E-state index contributed by atoms with van der Waals surface area (Å²) in [6, 6.07) is 6.00. The topological polar surface area (TPSA) is 54.5 Å². The highest BCUT2D eigenvalue weighted by atomic mass is 79.9. The Labute approximate surface area is 108 Å². The fraction of sp³-hybridized carbons (Fsp3) is 0.250. The molecule has 0 radical (unpaired) electrons. The van der Waals surface area contributed by atoms with Crippen molar-refractivity contribution in [3.63, 3.8) is 0 Å². The maximum absolute atomic E-state index is 8.47. The lowest BCUT2D eigenvalue weighted by Gasteiger charge is -1.98. The van der Waals surface area contributed by atoms with Crippen molar-refractivity contribution in [2.24, 2.45) is 0 Å². The number of rotatable bonds is 4. The van der Waals surface area contributed by atoms with Crippen molar-refractivity contribution in [3.05, 3.63) is 35.5 Å². The van der Waals surface area contributed by atoms with Crippen molar-refractivity contribution in [1.29, 1.82) is 5.26 Å². The summed E-state index contributed by atoms with van der Waals surface area (Å²) >= 11 is 3.30. The number of imidazole rings is 1. The molecule has 0 saturated carbocycles. The van der Waals surface area contributed by atoms with Gasteiger partial charge in [0, 0.05) is 30.9 Å². The van der Waals surface area contributed by atoms with Crippen LogP contribution in [-0.2, 0) is 6.54 Å². The molecule has 4 nitrogen and oxygen atoms in total. The minimum atomic E-state index is 0.577. The van der Waals surface area contributed by atoms with Crippen LogP contribution in [0, 0.1) is 11.3 Å². The zero-order valence-electron chi connectivity index (χ0n) is 9.17. The molecule has 0 unspecified atom stereocenters. The molecular weight excluding hydrogens is 280 g/mol. The summed E-state index contributed by atoms with van der Waals surface area (Å²) in [5.74, 6) is 0. The van der Waals surface area contributed by atoms with Crippen LogP contribution in [-0.4, -0.2) is 14.5 Å². The molecule has 0 N–H and O–H groups in total. The normalized spacial score (nSPS) is 10.1. The Morgan fingerprint density at radius 1 is 1.35 bits per heavy atom. The predicted octanol–water partition coefficient (Wildman–Crippen LogP) is 3.01. The number of pyridine rings is 1. The predicted molar refractivity (Wildman–Crippen MR) is 68.0 cm³/mol. The third-order valence-corrected chi connectivity index (χ3v) is 2.83. The fourth-order valence-electron chi connectivity index (χ4n) is 1.50. The molecule has 86 valence electrons. The van der Waals surface area contributed by atoms with Gasteiger partial charge in [-0.25, -0.2) is 9.97 Å². The molecule has 0 amide bonds. The van der Waals surface area contributed by atoms with Gasteiger partial charge in [-0.1, -0.05) is 0 Å². The van der Waals surface area contributed by atoms with E-state index in [1.54, 1.807) is 12.5 Å². The molecule has 2 rings (SSSR count). The SMILES string of the molecule is N#CCCCn1cnc(-c2ccc(Br)nc2)c1. The monoisotopic (exact) mass is 290 g/mol. The number of aromatic nitrogens is 3. The smallest absolute Gasteiger partial charge is 0.106 e. The number of nitriles is 1. The van der Waals surface area contributed by atoms with Gasteiger partial charge in [0.05, 0.1) is 18.1 Å². The van der Waals surface area contributed by atoms with Crippen molar-refractivity contribution in [3.8, 4) is 17.3 Å². The van der Waals surface area contributed by atoms with Gasteiger partial charge in [-0.05, 0) is 34.5 Å². The van der Waals surface area contributed by atoms with E-state index >= 15 is 0 Å². The summed E-state index contributed by atoms with van der Waals surface area (Å²) in [7, 11) is 0. The van der Waals surface area contributed by atoms with Crippen LogP contribution in [0.4, 0.5) is 0 Å². The second kappa shape index (κ2) is 5.60. The first-order valence-electron chi connectivity index (χ1n) is 5.30. The average molecular weight is 291 g/mol. The maximum atomic E-state index is 8.47. The van der Waals surface area contributed by atoms with Crippen molar-refractivity contribution in [2.45, 2.75) is 19.4 Å².